The van der Waals surface area contributed by atoms with Gasteiger partial charge in [-0.05, 0) is 32.2 Å². The number of H-pyrrole nitrogens is 1. The zero-order valence-corrected chi connectivity index (χ0v) is 13.5. The topological polar surface area (TPSA) is 110 Å². The highest BCUT2D eigenvalue weighted by Crippen LogP contribution is 2.33. The monoisotopic (exact) mass is 347 g/mol. The van der Waals surface area contributed by atoms with E-state index >= 15 is 0 Å². The number of aromatic carboxylic acids is 1. The van der Waals surface area contributed by atoms with Crippen molar-refractivity contribution in [3.8, 4) is 11.3 Å². The van der Waals surface area contributed by atoms with Crippen molar-refractivity contribution in [3.05, 3.63) is 23.1 Å². The lowest BCUT2D eigenvalue weighted by atomic mass is 9.94. The van der Waals surface area contributed by atoms with Gasteiger partial charge in [0, 0.05) is 23.4 Å². The Labute approximate surface area is 140 Å². The van der Waals surface area contributed by atoms with Crippen molar-refractivity contribution in [2.45, 2.75) is 32.2 Å². The summed E-state index contributed by atoms with van der Waals surface area (Å²) in [4.78, 5) is 11.5. The van der Waals surface area contributed by atoms with E-state index in [1.807, 2.05) is 0 Å². The second-order valence-corrected chi connectivity index (χ2v) is 4.96. The van der Waals surface area contributed by atoms with Crippen LogP contribution in [-0.2, 0) is 19.4 Å². The van der Waals surface area contributed by atoms with E-state index < -0.39 is 5.97 Å². The maximum Gasteiger partial charge on any atom is 0.354 e. The number of hydrogen-bond acceptors (Lipinski definition) is 4. The average molecular weight is 348 g/mol. The van der Waals surface area contributed by atoms with Gasteiger partial charge < -0.3 is 10.8 Å². The number of halogens is 2. The molecule has 1 aliphatic rings. The standard InChI is InChI=1S/C13H17N5O2.2ClH/c14-5-1-2-6-18-12(13(19)20)8-3-4-10-9(7-15-16-10)11(8)17-18;;/h7H,1-6,14H2,(H,15,16)(H,19,20);2*1H. The SMILES string of the molecule is Cl.Cl.NCCCCn1nc2c(c1C(=O)O)CCc1[nH]ncc1-2. The van der Waals surface area contributed by atoms with Gasteiger partial charge in [-0.15, -0.1) is 24.8 Å². The molecule has 3 rings (SSSR count). The van der Waals surface area contributed by atoms with Gasteiger partial charge in [0.05, 0.1) is 11.9 Å². The predicted octanol–water partition coefficient (Wildman–Crippen LogP) is 1.65. The highest BCUT2D eigenvalue weighted by molar-refractivity contribution is 5.90. The van der Waals surface area contributed by atoms with Gasteiger partial charge in [-0.25, -0.2) is 4.79 Å². The fourth-order valence-corrected chi connectivity index (χ4v) is 2.72. The Hall–Kier alpha value is -1.57. The fraction of sp³-hybridized carbons (Fsp3) is 0.462. The number of rotatable bonds is 5. The lowest BCUT2D eigenvalue weighted by Gasteiger charge is -2.10. The number of aryl methyl sites for hydroxylation is 2. The van der Waals surface area contributed by atoms with Gasteiger partial charge in [0.1, 0.15) is 5.69 Å². The molecule has 122 valence electrons. The van der Waals surface area contributed by atoms with Crippen LogP contribution >= 0.6 is 24.8 Å². The molecule has 0 aromatic carbocycles. The van der Waals surface area contributed by atoms with Gasteiger partial charge in [-0.2, -0.15) is 10.2 Å². The summed E-state index contributed by atoms with van der Waals surface area (Å²) in [5.74, 6) is -0.918. The Kier molecular flexibility index (Phi) is 6.40. The molecule has 2 aromatic heterocycles. The number of hydrogen-bond donors (Lipinski definition) is 3. The molecule has 2 aromatic rings. The lowest BCUT2D eigenvalue weighted by Crippen LogP contribution is -2.13. The quantitative estimate of drug-likeness (QED) is 0.712. The minimum atomic E-state index is -0.918. The summed E-state index contributed by atoms with van der Waals surface area (Å²) in [6, 6.07) is 0. The first kappa shape index (κ1) is 18.5. The van der Waals surface area contributed by atoms with Crippen LogP contribution in [-0.4, -0.2) is 37.6 Å². The van der Waals surface area contributed by atoms with E-state index in [4.69, 9.17) is 5.73 Å². The normalized spacial score (nSPS) is 11.9. The van der Waals surface area contributed by atoms with Crippen molar-refractivity contribution in [2.24, 2.45) is 5.73 Å². The van der Waals surface area contributed by atoms with Crippen LogP contribution in [0.3, 0.4) is 0 Å². The maximum atomic E-state index is 11.5. The molecule has 0 atom stereocenters. The minimum absolute atomic E-state index is 0. The largest absolute Gasteiger partial charge is 0.477 e. The molecule has 0 spiro atoms. The highest BCUT2D eigenvalue weighted by atomic mass is 35.5. The predicted molar refractivity (Wildman–Crippen MR) is 87.0 cm³/mol. The number of nitrogens with two attached hydrogens (primary N) is 1. The van der Waals surface area contributed by atoms with E-state index in [-0.39, 0.29) is 24.8 Å². The smallest absolute Gasteiger partial charge is 0.354 e. The van der Waals surface area contributed by atoms with Crippen molar-refractivity contribution in [1.82, 2.24) is 20.0 Å². The summed E-state index contributed by atoms with van der Waals surface area (Å²) in [7, 11) is 0. The first-order valence-electron chi connectivity index (χ1n) is 6.78. The second kappa shape index (κ2) is 7.62. The fourth-order valence-electron chi connectivity index (χ4n) is 2.72. The van der Waals surface area contributed by atoms with Crippen LogP contribution in [0.4, 0.5) is 0 Å². The second-order valence-electron chi connectivity index (χ2n) is 4.96. The number of fused-ring (bicyclic) bond motifs is 3. The van der Waals surface area contributed by atoms with Crippen molar-refractivity contribution in [3.63, 3.8) is 0 Å². The summed E-state index contributed by atoms with van der Waals surface area (Å²) in [5.41, 5.74) is 9.31. The molecule has 0 saturated heterocycles. The third kappa shape index (κ3) is 3.11. The number of nitrogens with zero attached hydrogens (tertiary/aromatic N) is 3. The molecular weight excluding hydrogens is 329 g/mol. The molecule has 0 unspecified atom stereocenters. The van der Waals surface area contributed by atoms with Gasteiger partial charge in [-0.1, -0.05) is 0 Å². The number of carbonyl (C=O) groups is 1. The van der Waals surface area contributed by atoms with E-state index in [2.05, 4.69) is 15.3 Å². The first-order valence-corrected chi connectivity index (χ1v) is 6.78. The summed E-state index contributed by atoms with van der Waals surface area (Å²) in [6.45, 7) is 1.19. The van der Waals surface area contributed by atoms with Crippen LogP contribution in [0.25, 0.3) is 11.3 Å². The minimum Gasteiger partial charge on any atom is -0.477 e. The van der Waals surface area contributed by atoms with Gasteiger partial charge in [0.15, 0.2) is 0 Å². The Balaban J connectivity index is 0.00000121. The van der Waals surface area contributed by atoms with Gasteiger partial charge in [0.2, 0.25) is 0 Å². The number of nitrogens with one attached hydrogen (secondary N) is 1. The summed E-state index contributed by atoms with van der Waals surface area (Å²) < 4.78 is 1.60. The van der Waals surface area contributed by atoms with Gasteiger partial charge >= 0.3 is 5.97 Å². The van der Waals surface area contributed by atoms with Crippen molar-refractivity contribution >= 4 is 30.8 Å². The van der Waals surface area contributed by atoms with E-state index in [0.29, 0.717) is 25.2 Å². The van der Waals surface area contributed by atoms with Crippen LogP contribution in [0.1, 0.15) is 34.6 Å². The molecule has 1 aliphatic carbocycles. The van der Waals surface area contributed by atoms with Crippen LogP contribution in [0, 0.1) is 0 Å². The Bertz CT molecular complexity index is 653. The molecule has 0 amide bonds. The average Bonchev–Trinajstić information content (AvgIpc) is 3.01. The van der Waals surface area contributed by atoms with E-state index in [1.165, 1.54) is 0 Å². The third-order valence-corrected chi connectivity index (χ3v) is 3.68. The van der Waals surface area contributed by atoms with Gasteiger partial charge in [0.25, 0.3) is 0 Å². The molecule has 0 radical (unpaired) electrons. The Morgan fingerprint density at radius 1 is 1.36 bits per heavy atom. The number of aromatic amines is 1. The molecule has 7 nitrogen and oxygen atoms in total. The third-order valence-electron chi connectivity index (χ3n) is 3.68. The molecular formula is C13H19Cl2N5O2. The Morgan fingerprint density at radius 2 is 2.14 bits per heavy atom. The molecule has 4 N–H and O–H groups in total. The number of unbranched alkanes of at least 4 members (excludes halogenated alkanes) is 1. The summed E-state index contributed by atoms with van der Waals surface area (Å²) in [5, 5.41) is 20.9. The van der Waals surface area contributed by atoms with Crippen LogP contribution in [0.2, 0.25) is 0 Å². The van der Waals surface area contributed by atoms with Crippen molar-refractivity contribution < 1.29 is 9.90 Å². The van der Waals surface area contributed by atoms with E-state index in [0.717, 1.165) is 41.8 Å². The van der Waals surface area contributed by atoms with E-state index in [9.17, 15) is 9.90 Å². The highest BCUT2D eigenvalue weighted by Gasteiger charge is 2.28. The maximum absolute atomic E-state index is 11.5. The number of carboxylic acids is 1. The van der Waals surface area contributed by atoms with Gasteiger partial charge in [-0.3, -0.25) is 9.78 Å². The van der Waals surface area contributed by atoms with Crippen LogP contribution in [0.5, 0.6) is 0 Å². The zero-order valence-electron chi connectivity index (χ0n) is 11.9. The lowest BCUT2D eigenvalue weighted by molar-refractivity contribution is 0.0681. The molecule has 2 heterocycles. The molecule has 0 aliphatic heterocycles. The molecule has 0 fully saturated rings. The summed E-state index contributed by atoms with van der Waals surface area (Å²) in [6.07, 6.45) is 4.87. The van der Waals surface area contributed by atoms with Crippen LogP contribution in [0.15, 0.2) is 6.20 Å². The van der Waals surface area contributed by atoms with Crippen molar-refractivity contribution in [1.29, 1.82) is 0 Å². The molecule has 0 saturated carbocycles. The Morgan fingerprint density at radius 3 is 2.82 bits per heavy atom. The van der Waals surface area contributed by atoms with Crippen LogP contribution < -0.4 is 5.73 Å². The molecule has 0 bridgehead atoms. The molecule has 9 heteroatoms. The summed E-state index contributed by atoms with van der Waals surface area (Å²) >= 11 is 0. The zero-order chi connectivity index (χ0) is 14.1. The van der Waals surface area contributed by atoms with Crippen molar-refractivity contribution in [2.75, 3.05) is 6.54 Å². The van der Waals surface area contributed by atoms with E-state index in [1.54, 1.807) is 10.9 Å². The first-order chi connectivity index (χ1) is 9.72. The molecule has 22 heavy (non-hydrogen) atoms. The number of aromatic nitrogens is 4. The number of carboxylic acid groups (broad SMARTS) is 1.